The fraction of sp³-hybridized carbons (Fsp3) is 0.536. The van der Waals surface area contributed by atoms with Crippen molar-refractivity contribution in [3.8, 4) is 0 Å². The molecule has 6 heteroatoms. The number of aryl methyl sites for hydroxylation is 3. The molecule has 0 radical (unpaired) electrons. The van der Waals surface area contributed by atoms with Crippen LogP contribution in [0.25, 0.3) is 0 Å². The van der Waals surface area contributed by atoms with Crippen molar-refractivity contribution in [1.82, 2.24) is 19.9 Å². The molecule has 1 unspecified atom stereocenters. The third-order valence-corrected chi connectivity index (χ3v) is 3.83. The number of aromatic nitrogens is 4. The minimum Gasteiger partial charge on any atom is -0.294 e. The number of pyridine rings is 1. The van der Waals surface area contributed by atoms with Crippen molar-refractivity contribution in [3.05, 3.63) is 71.0 Å². The van der Waals surface area contributed by atoms with Crippen LogP contribution >= 0.6 is 11.3 Å². The topological polar surface area (TPSA) is 63.9 Å². The van der Waals surface area contributed by atoms with Gasteiger partial charge in [-0.15, -0.1) is 11.3 Å². The molecule has 3 aromatic heterocycles. The highest BCUT2D eigenvalue weighted by Crippen LogP contribution is 2.04. The molecule has 0 amide bonds. The summed E-state index contributed by atoms with van der Waals surface area (Å²) in [6.07, 6.45) is 15.0. The number of aliphatic imine (C=N–C) groups is 1. The maximum Gasteiger partial charge on any atom is 0.115 e. The molecule has 0 fully saturated rings. The van der Waals surface area contributed by atoms with Crippen LogP contribution < -0.4 is 0 Å². The second-order valence-corrected chi connectivity index (χ2v) is 6.91. The zero-order chi connectivity index (χ0) is 27.0. The summed E-state index contributed by atoms with van der Waals surface area (Å²) in [5.41, 5.74) is 4.14. The van der Waals surface area contributed by atoms with Crippen LogP contribution in [0.3, 0.4) is 0 Å². The highest BCUT2D eigenvalue weighted by molar-refractivity contribution is 7.09. The van der Waals surface area contributed by atoms with E-state index in [0.29, 0.717) is 6.04 Å². The van der Waals surface area contributed by atoms with Crippen molar-refractivity contribution in [2.24, 2.45) is 4.99 Å². The smallest absolute Gasteiger partial charge is 0.115 e. The zero-order valence-corrected chi connectivity index (χ0v) is 24.7. The number of rotatable bonds is 0. The Kier molecular flexibility index (Phi) is 40.1. The van der Waals surface area contributed by atoms with Gasteiger partial charge in [-0.05, 0) is 63.9 Å². The second-order valence-electron chi connectivity index (χ2n) is 5.82. The molecule has 1 aliphatic heterocycles. The van der Waals surface area contributed by atoms with Crippen LogP contribution in [0, 0.1) is 20.8 Å². The molecule has 3 aromatic rings. The standard InChI is InChI=1S/C6H7N.C5H6N2.C5H9N.C4H5NS.4C2H6/c1-6-3-2-4-7-5-6;1-5-2-6-4-7-3-5;1-5-3-2-4-6-5;1-4-2-5-3-6-4;4*1-2/h2-5H,1H3;2-4H,1H3;4-5H,2-3H2,1H3;2-3H,1H3;4*1-2H3. The number of hydrogen-bond acceptors (Lipinski definition) is 6. The van der Waals surface area contributed by atoms with Gasteiger partial charge < -0.3 is 0 Å². The number of hydrogen-bond donors (Lipinski definition) is 0. The summed E-state index contributed by atoms with van der Waals surface area (Å²) in [5, 5.41) is 0. The predicted octanol–water partition coefficient (Wildman–Crippen LogP) is 8.97. The Balaban J connectivity index is -0.000000161. The zero-order valence-electron chi connectivity index (χ0n) is 23.9. The minimum atomic E-state index is 0.616. The van der Waals surface area contributed by atoms with Crippen molar-refractivity contribution in [2.75, 3.05) is 0 Å². The summed E-state index contributed by atoms with van der Waals surface area (Å²) in [6.45, 7) is 24.2. The first-order chi connectivity index (χ1) is 16.6. The number of nitrogens with zero attached hydrogens (tertiary/aromatic N) is 5. The molecule has 0 saturated heterocycles. The van der Waals surface area contributed by atoms with E-state index in [0.717, 1.165) is 5.56 Å². The van der Waals surface area contributed by atoms with Gasteiger partial charge in [0, 0.05) is 41.9 Å². The lowest BCUT2D eigenvalue weighted by Crippen LogP contribution is -1.86. The van der Waals surface area contributed by atoms with Crippen LogP contribution in [0.2, 0.25) is 0 Å². The Labute approximate surface area is 215 Å². The third kappa shape index (κ3) is 31.7. The van der Waals surface area contributed by atoms with Crippen LogP contribution in [-0.4, -0.2) is 32.2 Å². The molecule has 4 rings (SSSR count). The first kappa shape index (κ1) is 38.8. The number of thiazole rings is 1. The van der Waals surface area contributed by atoms with Gasteiger partial charge in [-0.1, -0.05) is 61.5 Å². The van der Waals surface area contributed by atoms with E-state index in [9.17, 15) is 0 Å². The molecular formula is C28H51N5S. The van der Waals surface area contributed by atoms with Gasteiger partial charge in [0.15, 0.2) is 0 Å². The lowest BCUT2D eigenvalue weighted by atomic mass is 10.2. The summed E-state index contributed by atoms with van der Waals surface area (Å²) in [6, 6.07) is 4.56. The Morgan fingerprint density at radius 3 is 1.47 bits per heavy atom. The molecule has 0 bridgehead atoms. The molecule has 0 N–H and O–H groups in total. The van der Waals surface area contributed by atoms with E-state index in [-0.39, 0.29) is 0 Å². The Morgan fingerprint density at radius 2 is 1.29 bits per heavy atom. The van der Waals surface area contributed by atoms with Crippen molar-refractivity contribution >= 4 is 17.6 Å². The average molecular weight is 490 g/mol. The highest BCUT2D eigenvalue weighted by Gasteiger charge is 2.00. The molecule has 0 saturated carbocycles. The van der Waals surface area contributed by atoms with E-state index < -0.39 is 0 Å². The van der Waals surface area contributed by atoms with Gasteiger partial charge in [0.1, 0.15) is 6.33 Å². The van der Waals surface area contributed by atoms with E-state index in [4.69, 9.17) is 0 Å². The predicted molar refractivity (Wildman–Crippen MR) is 155 cm³/mol. The van der Waals surface area contributed by atoms with Gasteiger partial charge in [-0.2, -0.15) is 0 Å². The van der Waals surface area contributed by atoms with Crippen LogP contribution in [0.5, 0.6) is 0 Å². The molecule has 0 aromatic carbocycles. The van der Waals surface area contributed by atoms with Gasteiger partial charge in [-0.25, -0.2) is 9.97 Å². The Bertz CT molecular complexity index is 665. The maximum absolute atomic E-state index is 4.11. The van der Waals surface area contributed by atoms with Gasteiger partial charge in [0.2, 0.25) is 0 Å². The van der Waals surface area contributed by atoms with E-state index in [1.807, 2.05) is 112 Å². The molecule has 5 nitrogen and oxygen atoms in total. The van der Waals surface area contributed by atoms with E-state index in [1.165, 1.54) is 29.6 Å². The van der Waals surface area contributed by atoms with Crippen molar-refractivity contribution < 1.29 is 0 Å². The lowest BCUT2D eigenvalue weighted by molar-refractivity contribution is 0.739. The normalized spacial score (nSPS) is 11.5. The van der Waals surface area contributed by atoms with Gasteiger partial charge >= 0.3 is 0 Å². The SMILES string of the molecule is CC.CC.CC.CC.CC1CCC=N1.Cc1cccnc1.Cc1cncnc1.Cc1cncs1. The summed E-state index contributed by atoms with van der Waals surface area (Å²) < 4.78 is 0. The molecule has 194 valence electrons. The summed E-state index contributed by atoms with van der Waals surface area (Å²) in [5.74, 6) is 0. The minimum absolute atomic E-state index is 0.616. The van der Waals surface area contributed by atoms with Crippen LogP contribution in [0.1, 0.15) is 91.2 Å². The van der Waals surface area contributed by atoms with Crippen LogP contribution in [-0.2, 0) is 0 Å². The summed E-state index contributed by atoms with van der Waals surface area (Å²) >= 11 is 1.67. The Hall–Kier alpha value is -2.47. The largest absolute Gasteiger partial charge is 0.294 e. The summed E-state index contributed by atoms with van der Waals surface area (Å²) in [7, 11) is 0. The molecule has 1 aliphatic rings. The maximum atomic E-state index is 4.11. The molecule has 0 aliphatic carbocycles. The quantitative estimate of drug-likeness (QED) is 0.316. The van der Waals surface area contributed by atoms with E-state index in [1.54, 1.807) is 29.9 Å². The molecular weight excluding hydrogens is 438 g/mol. The first-order valence-corrected chi connectivity index (χ1v) is 13.4. The van der Waals surface area contributed by atoms with E-state index >= 15 is 0 Å². The van der Waals surface area contributed by atoms with E-state index in [2.05, 4.69) is 31.9 Å². The summed E-state index contributed by atoms with van der Waals surface area (Å²) in [4.78, 5) is 20.7. The third-order valence-electron chi connectivity index (χ3n) is 3.13. The van der Waals surface area contributed by atoms with Crippen LogP contribution in [0.4, 0.5) is 0 Å². The highest BCUT2D eigenvalue weighted by atomic mass is 32.1. The monoisotopic (exact) mass is 489 g/mol. The van der Waals surface area contributed by atoms with Crippen molar-refractivity contribution in [1.29, 1.82) is 0 Å². The molecule has 1 atom stereocenters. The van der Waals surface area contributed by atoms with Crippen molar-refractivity contribution in [3.63, 3.8) is 0 Å². The first-order valence-electron chi connectivity index (χ1n) is 12.5. The van der Waals surface area contributed by atoms with Gasteiger partial charge in [0.05, 0.1) is 5.51 Å². The molecule has 4 heterocycles. The van der Waals surface area contributed by atoms with Gasteiger partial charge in [-0.3, -0.25) is 15.0 Å². The second kappa shape index (κ2) is 35.1. The Morgan fingerprint density at radius 1 is 0.735 bits per heavy atom. The lowest BCUT2D eigenvalue weighted by Gasteiger charge is -1.88. The van der Waals surface area contributed by atoms with Gasteiger partial charge in [0.25, 0.3) is 0 Å². The fourth-order valence-electron chi connectivity index (χ4n) is 1.75. The molecule has 0 spiro atoms. The molecule has 34 heavy (non-hydrogen) atoms. The van der Waals surface area contributed by atoms with Crippen molar-refractivity contribution in [2.45, 2.75) is 102 Å². The van der Waals surface area contributed by atoms with Crippen LogP contribution in [0.15, 0.2) is 59.9 Å². The average Bonchev–Trinajstić information content (AvgIpc) is 3.60. The fourth-order valence-corrected chi connectivity index (χ4v) is 2.16.